The average Bonchev–Trinajstić information content (AvgIpc) is 3.21. The van der Waals surface area contributed by atoms with Crippen LogP contribution in [0.3, 0.4) is 0 Å². The van der Waals surface area contributed by atoms with Crippen molar-refractivity contribution in [3.63, 3.8) is 0 Å². The molecule has 3 aromatic rings. The van der Waals surface area contributed by atoms with Crippen LogP contribution < -0.4 is 14.9 Å². The third kappa shape index (κ3) is 4.78. The van der Waals surface area contributed by atoms with Gasteiger partial charge in [0.25, 0.3) is 5.91 Å². The van der Waals surface area contributed by atoms with Crippen molar-refractivity contribution in [1.82, 2.24) is 4.68 Å². The number of anilines is 1. The summed E-state index contributed by atoms with van der Waals surface area (Å²) >= 11 is 1.61. The highest BCUT2D eigenvalue weighted by molar-refractivity contribution is 7.07. The minimum absolute atomic E-state index is 0.0510. The van der Waals surface area contributed by atoms with Gasteiger partial charge in [0, 0.05) is 10.9 Å². The Kier molecular flexibility index (Phi) is 6.13. The third-order valence-corrected chi connectivity index (χ3v) is 7.03. The first-order chi connectivity index (χ1) is 16.1. The molecule has 1 saturated carbocycles. The van der Waals surface area contributed by atoms with Gasteiger partial charge in [-0.1, -0.05) is 43.0 Å². The summed E-state index contributed by atoms with van der Waals surface area (Å²) in [6.07, 6.45) is 7.96. The molecule has 33 heavy (non-hydrogen) atoms. The van der Waals surface area contributed by atoms with E-state index < -0.39 is 0 Å². The number of aromatic nitrogens is 1. The number of nitrogens with one attached hydrogen (secondary N) is 1. The molecule has 2 heterocycles. The summed E-state index contributed by atoms with van der Waals surface area (Å²) in [4.78, 5) is 17.8. The molecule has 1 aromatic heterocycles. The molecule has 5 rings (SSSR count). The second-order valence-electron chi connectivity index (χ2n) is 8.79. The van der Waals surface area contributed by atoms with Crippen molar-refractivity contribution in [3.05, 3.63) is 63.3 Å². The van der Waals surface area contributed by atoms with Gasteiger partial charge in [-0.2, -0.15) is 5.10 Å². The first-order valence-corrected chi connectivity index (χ1v) is 12.4. The van der Waals surface area contributed by atoms with Crippen molar-refractivity contribution in [2.45, 2.75) is 52.0 Å². The molecule has 2 aromatic carbocycles. The fourth-order valence-electron chi connectivity index (χ4n) is 4.40. The van der Waals surface area contributed by atoms with Crippen molar-refractivity contribution < 1.29 is 9.53 Å². The number of benzene rings is 2. The van der Waals surface area contributed by atoms with Crippen LogP contribution in [0.15, 0.2) is 51.9 Å². The minimum atomic E-state index is -0.140. The van der Waals surface area contributed by atoms with Gasteiger partial charge in [-0.05, 0) is 56.0 Å². The second kappa shape index (κ2) is 9.35. The molecule has 1 fully saturated rings. The van der Waals surface area contributed by atoms with E-state index in [0.717, 1.165) is 34.5 Å². The molecule has 1 N–H and O–H groups in total. The molecule has 170 valence electrons. The highest BCUT2D eigenvalue weighted by Crippen LogP contribution is 2.33. The zero-order chi connectivity index (χ0) is 22.8. The SMILES string of the molecule is Cc1ccc(C=Nn2c(-c3ccc4c(c3)NC(=O)CO4)csc2=NC2CCCCC2)c(C)c1. The lowest BCUT2D eigenvalue weighted by molar-refractivity contribution is -0.118. The van der Waals surface area contributed by atoms with Crippen LogP contribution in [-0.4, -0.2) is 29.4 Å². The number of fused-ring (bicyclic) bond motifs is 1. The lowest BCUT2D eigenvalue weighted by atomic mass is 9.96. The molecule has 2 aliphatic rings. The summed E-state index contributed by atoms with van der Waals surface area (Å²) in [7, 11) is 0. The van der Waals surface area contributed by atoms with Crippen LogP contribution in [0.1, 0.15) is 48.8 Å². The first kappa shape index (κ1) is 21.6. The number of nitrogens with zero attached hydrogens (tertiary/aromatic N) is 3. The lowest BCUT2D eigenvalue weighted by Crippen LogP contribution is -2.25. The molecule has 1 aliphatic heterocycles. The van der Waals surface area contributed by atoms with E-state index >= 15 is 0 Å². The Morgan fingerprint density at radius 2 is 1.97 bits per heavy atom. The zero-order valence-electron chi connectivity index (χ0n) is 19.0. The maximum absolute atomic E-state index is 11.8. The van der Waals surface area contributed by atoms with Gasteiger partial charge in [-0.15, -0.1) is 11.3 Å². The highest BCUT2D eigenvalue weighted by Gasteiger charge is 2.18. The van der Waals surface area contributed by atoms with Gasteiger partial charge in [0.05, 0.1) is 23.6 Å². The minimum Gasteiger partial charge on any atom is -0.482 e. The Hall–Kier alpha value is -3.19. The van der Waals surface area contributed by atoms with E-state index in [-0.39, 0.29) is 12.5 Å². The van der Waals surface area contributed by atoms with Crippen LogP contribution in [0.2, 0.25) is 0 Å². The summed E-state index contributed by atoms with van der Waals surface area (Å²) < 4.78 is 7.46. The maximum atomic E-state index is 11.8. The van der Waals surface area contributed by atoms with Crippen LogP contribution in [0.5, 0.6) is 5.75 Å². The number of thiazole rings is 1. The smallest absolute Gasteiger partial charge is 0.262 e. The summed E-state index contributed by atoms with van der Waals surface area (Å²) in [6, 6.07) is 12.6. The number of amides is 1. The number of carbonyl (C=O) groups excluding carboxylic acids is 1. The highest BCUT2D eigenvalue weighted by atomic mass is 32.1. The molecular formula is C26H28N4O2S. The summed E-state index contributed by atoms with van der Waals surface area (Å²) in [5.74, 6) is 0.546. The van der Waals surface area contributed by atoms with Gasteiger partial charge < -0.3 is 10.1 Å². The standard InChI is InChI=1S/C26H28N4O2S/c1-17-8-9-20(18(2)12-17)14-27-30-23(16-33-26(30)28-21-6-4-3-5-7-21)19-10-11-24-22(13-19)29-25(31)15-32-24/h8-14,16,21H,3-7,15H2,1-2H3,(H,29,31). The molecular weight excluding hydrogens is 432 g/mol. The number of rotatable bonds is 4. The largest absolute Gasteiger partial charge is 0.482 e. The molecule has 1 amide bonds. The molecule has 6 nitrogen and oxygen atoms in total. The number of hydrogen-bond acceptors (Lipinski definition) is 5. The van der Waals surface area contributed by atoms with Gasteiger partial charge >= 0.3 is 0 Å². The summed E-state index contributed by atoms with van der Waals surface area (Å²) in [5.41, 5.74) is 6.10. The van der Waals surface area contributed by atoms with E-state index in [4.69, 9.17) is 14.8 Å². The predicted octanol–water partition coefficient (Wildman–Crippen LogP) is 5.28. The Labute approximate surface area is 197 Å². The molecule has 0 bridgehead atoms. The van der Waals surface area contributed by atoms with Crippen molar-refractivity contribution in [2.24, 2.45) is 10.1 Å². The number of ether oxygens (including phenoxy) is 1. The van der Waals surface area contributed by atoms with Gasteiger partial charge in [-0.25, -0.2) is 4.68 Å². The Morgan fingerprint density at radius 3 is 2.79 bits per heavy atom. The van der Waals surface area contributed by atoms with Crippen LogP contribution in [0.4, 0.5) is 5.69 Å². The molecule has 0 unspecified atom stereocenters. The van der Waals surface area contributed by atoms with Crippen LogP contribution in [-0.2, 0) is 4.79 Å². The van der Waals surface area contributed by atoms with E-state index in [1.54, 1.807) is 11.3 Å². The number of hydrogen-bond donors (Lipinski definition) is 1. The van der Waals surface area contributed by atoms with Crippen molar-refractivity contribution in [3.8, 4) is 17.0 Å². The van der Waals surface area contributed by atoms with Gasteiger partial charge in [-0.3, -0.25) is 9.79 Å². The first-order valence-electron chi connectivity index (χ1n) is 11.5. The van der Waals surface area contributed by atoms with Crippen molar-refractivity contribution in [2.75, 3.05) is 11.9 Å². The Morgan fingerprint density at radius 1 is 1.12 bits per heavy atom. The molecule has 0 spiro atoms. The van der Waals surface area contributed by atoms with Crippen LogP contribution in [0.25, 0.3) is 11.3 Å². The normalized spacial score (nSPS) is 17.2. The van der Waals surface area contributed by atoms with E-state index in [1.165, 1.54) is 30.4 Å². The molecule has 1 aliphatic carbocycles. The van der Waals surface area contributed by atoms with E-state index in [0.29, 0.717) is 17.5 Å². The lowest BCUT2D eigenvalue weighted by Gasteiger charge is -2.18. The molecule has 0 saturated heterocycles. The van der Waals surface area contributed by atoms with Crippen LogP contribution in [0, 0.1) is 13.8 Å². The topological polar surface area (TPSA) is 68.0 Å². The van der Waals surface area contributed by atoms with Gasteiger partial charge in [0.15, 0.2) is 6.61 Å². The summed E-state index contributed by atoms with van der Waals surface area (Å²) in [5, 5.41) is 9.88. The number of carbonyl (C=O) groups is 1. The Balaban J connectivity index is 1.58. The fourth-order valence-corrected chi connectivity index (χ4v) is 5.31. The molecule has 0 atom stereocenters. The molecule has 0 radical (unpaired) electrons. The molecule has 7 heteroatoms. The predicted molar refractivity (Wildman–Crippen MR) is 133 cm³/mol. The van der Waals surface area contributed by atoms with Crippen LogP contribution >= 0.6 is 11.3 Å². The number of aryl methyl sites for hydroxylation is 2. The third-order valence-electron chi connectivity index (χ3n) is 6.20. The van der Waals surface area contributed by atoms with Crippen molar-refractivity contribution in [1.29, 1.82) is 0 Å². The van der Waals surface area contributed by atoms with Crippen molar-refractivity contribution >= 4 is 29.1 Å². The summed E-state index contributed by atoms with van der Waals surface area (Å²) in [6.45, 7) is 4.25. The fraction of sp³-hybridized carbons (Fsp3) is 0.346. The van der Waals surface area contributed by atoms with Gasteiger partial charge in [0.2, 0.25) is 4.80 Å². The van der Waals surface area contributed by atoms with Gasteiger partial charge in [0.1, 0.15) is 5.75 Å². The monoisotopic (exact) mass is 460 g/mol. The zero-order valence-corrected chi connectivity index (χ0v) is 19.8. The Bertz CT molecular complexity index is 1280. The van der Waals surface area contributed by atoms with E-state index in [1.807, 2.05) is 29.1 Å². The van der Waals surface area contributed by atoms with E-state index in [9.17, 15) is 4.79 Å². The van der Waals surface area contributed by atoms with E-state index in [2.05, 4.69) is 42.7 Å². The quantitative estimate of drug-likeness (QED) is 0.538. The average molecular weight is 461 g/mol. The second-order valence-corrected chi connectivity index (χ2v) is 9.63. The maximum Gasteiger partial charge on any atom is 0.262 e.